The van der Waals surface area contributed by atoms with Gasteiger partial charge in [-0.25, -0.2) is 9.78 Å². The highest BCUT2D eigenvalue weighted by Gasteiger charge is 2.29. The topological polar surface area (TPSA) is 232 Å². The number of carboxylic acids is 2. The Hall–Kier alpha value is -4.72. The second-order valence-corrected chi connectivity index (χ2v) is 9.07. The molecule has 4 atom stereocenters. The Labute approximate surface area is 222 Å². The number of hydrogen-bond acceptors (Lipinski definition) is 7. The SMILES string of the molecule is CC(NC(=O)C(Cc1c[nH]c2ccccc12)NC(=O)C(N)CCC(=O)O)C(=O)NC(Cc1cnc[nH]1)C(=O)O. The molecule has 9 N–H and O–H groups in total. The molecule has 0 aliphatic rings. The summed E-state index contributed by atoms with van der Waals surface area (Å²) in [5, 5.41) is 26.7. The summed E-state index contributed by atoms with van der Waals surface area (Å²) in [6, 6.07) is 2.61. The summed E-state index contributed by atoms with van der Waals surface area (Å²) < 4.78 is 0. The first-order chi connectivity index (χ1) is 18.5. The highest BCUT2D eigenvalue weighted by atomic mass is 16.4. The van der Waals surface area contributed by atoms with Crippen molar-refractivity contribution in [3.05, 3.63) is 54.2 Å². The van der Waals surface area contributed by atoms with Crippen molar-refractivity contribution in [1.29, 1.82) is 0 Å². The number of nitrogens with two attached hydrogens (primary N) is 1. The molecule has 0 saturated carbocycles. The fourth-order valence-corrected chi connectivity index (χ4v) is 3.91. The molecule has 3 amide bonds. The van der Waals surface area contributed by atoms with Gasteiger partial charge in [0.05, 0.1) is 12.4 Å². The number of imidazole rings is 1. The molecule has 39 heavy (non-hydrogen) atoms. The number of benzene rings is 1. The standard InChI is InChI=1S/C25H31N7O7/c1-13(22(35)32-20(25(38)39)9-15-11-27-12-29-15)30-24(37)19(31-23(36)17(26)6-7-21(33)34)8-14-10-28-18-5-3-2-4-16(14)18/h2-5,10-13,17,19-20,28H,6-9,26H2,1H3,(H,27,29)(H,30,37)(H,31,36)(H,32,35)(H,33,34)(H,38,39). The summed E-state index contributed by atoms with van der Waals surface area (Å²) in [4.78, 5) is 70.8. The van der Waals surface area contributed by atoms with Crippen LogP contribution in [0.15, 0.2) is 43.0 Å². The molecule has 1 aromatic carbocycles. The molecule has 3 aromatic rings. The number of aromatic amines is 2. The predicted octanol–water partition coefficient (Wildman–Crippen LogP) is -0.573. The van der Waals surface area contributed by atoms with Crippen LogP contribution < -0.4 is 21.7 Å². The van der Waals surface area contributed by atoms with Crippen molar-refractivity contribution in [2.24, 2.45) is 5.73 Å². The lowest BCUT2D eigenvalue weighted by atomic mass is 10.0. The Bertz CT molecular complexity index is 1320. The normalized spacial score (nSPS) is 14.1. The molecule has 0 fully saturated rings. The minimum Gasteiger partial charge on any atom is -0.481 e. The molecule has 0 bridgehead atoms. The van der Waals surface area contributed by atoms with E-state index in [1.54, 1.807) is 6.20 Å². The van der Waals surface area contributed by atoms with Gasteiger partial charge in [0.1, 0.15) is 18.1 Å². The number of H-pyrrole nitrogens is 2. The summed E-state index contributed by atoms with van der Waals surface area (Å²) >= 11 is 0. The van der Waals surface area contributed by atoms with Gasteiger partial charge in [-0.1, -0.05) is 18.2 Å². The monoisotopic (exact) mass is 541 g/mol. The van der Waals surface area contributed by atoms with Crippen molar-refractivity contribution in [1.82, 2.24) is 30.9 Å². The van der Waals surface area contributed by atoms with E-state index in [2.05, 4.69) is 30.9 Å². The summed E-state index contributed by atoms with van der Waals surface area (Å²) in [5.74, 6) is -4.55. The lowest BCUT2D eigenvalue weighted by Crippen LogP contribution is -2.57. The van der Waals surface area contributed by atoms with Crippen molar-refractivity contribution in [3.8, 4) is 0 Å². The fraction of sp³-hybridized carbons (Fsp3) is 0.360. The molecule has 2 aromatic heterocycles. The third kappa shape index (κ3) is 8.13. The van der Waals surface area contributed by atoms with Crippen molar-refractivity contribution < 1.29 is 34.2 Å². The van der Waals surface area contributed by atoms with Gasteiger partial charge in [-0.05, 0) is 25.0 Å². The van der Waals surface area contributed by atoms with Crippen molar-refractivity contribution in [2.45, 2.75) is 56.8 Å². The van der Waals surface area contributed by atoms with Crippen LogP contribution in [0.4, 0.5) is 0 Å². The van der Waals surface area contributed by atoms with E-state index in [4.69, 9.17) is 10.8 Å². The molecule has 0 spiro atoms. The first kappa shape index (κ1) is 28.8. The number of nitrogens with zero attached hydrogens (tertiary/aromatic N) is 1. The van der Waals surface area contributed by atoms with Crippen LogP contribution in [0.25, 0.3) is 10.9 Å². The van der Waals surface area contributed by atoms with Crippen LogP contribution in [0.2, 0.25) is 0 Å². The summed E-state index contributed by atoms with van der Waals surface area (Å²) in [5.41, 5.74) is 7.86. The number of hydrogen-bond donors (Lipinski definition) is 8. The molecular weight excluding hydrogens is 510 g/mol. The summed E-state index contributed by atoms with van der Waals surface area (Å²) in [6.45, 7) is 1.38. The van der Waals surface area contributed by atoms with Gasteiger partial charge in [-0.3, -0.25) is 19.2 Å². The van der Waals surface area contributed by atoms with Crippen molar-refractivity contribution >= 4 is 40.6 Å². The third-order valence-corrected chi connectivity index (χ3v) is 6.08. The molecule has 208 valence electrons. The number of aromatic nitrogens is 3. The Balaban J connectivity index is 1.71. The van der Waals surface area contributed by atoms with Crippen LogP contribution in [-0.2, 0) is 36.8 Å². The maximum atomic E-state index is 13.2. The van der Waals surface area contributed by atoms with Crippen molar-refractivity contribution in [3.63, 3.8) is 0 Å². The van der Waals surface area contributed by atoms with Crippen molar-refractivity contribution in [2.75, 3.05) is 0 Å². The van der Waals surface area contributed by atoms with E-state index < -0.39 is 53.8 Å². The number of para-hydroxylation sites is 1. The van der Waals surface area contributed by atoms with Gasteiger partial charge in [0, 0.05) is 48.3 Å². The van der Waals surface area contributed by atoms with E-state index in [1.165, 1.54) is 19.4 Å². The van der Waals surface area contributed by atoms with Gasteiger partial charge in [0.15, 0.2) is 0 Å². The third-order valence-electron chi connectivity index (χ3n) is 6.08. The number of amides is 3. The maximum Gasteiger partial charge on any atom is 0.326 e. The average Bonchev–Trinajstić information content (AvgIpc) is 3.56. The zero-order valence-corrected chi connectivity index (χ0v) is 21.1. The molecule has 0 aliphatic carbocycles. The average molecular weight is 542 g/mol. The molecule has 2 heterocycles. The summed E-state index contributed by atoms with van der Waals surface area (Å²) in [6.07, 6.45) is 4.06. The van der Waals surface area contributed by atoms with E-state index in [0.29, 0.717) is 11.3 Å². The van der Waals surface area contributed by atoms with Crippen LogP contribution in [0.5, 0.6) is 0 Å². The van der Waals surface area contributed by atoms with E-state index >= 15 is 0 Å². The van der Waals surface area contributed by atoms with Gasteiger partial charge < -0.3 is 41.9 Å². The lowest BCUT2D eigenvalue weighted by Gasteiger charge is -2.23. The number of carbonyl (C=O) groups is 5. The molecular formula is C25H31N7O7. The van der Waals surface area contributed by atoms with Crippen LogP contribution in [0, 0.1) is 0 Å². The zero-order valence-electron chi connectivity index (χ0n) is 21.1. The fourth-order valence-electron chi connectivity index (χ4n) is 3.91. The number of fused-ring (bicyclic) bond motifs is 1. The predicted molar refractivity (Wildman–Crippen MR) is 138 cm³/mol. The first-order valence-corrected chi connectivity index (χ1v) is 12.2. The molecule has 0 radical (unpaired) electrons. The van der Waals surface area contributed by atoms with E-state index in [-0.39, 0.29) is 25.7 Å². The van der Waals surface area contributed by atoms with Gasteiger partial charge in [0.2, 0.25) is 17.7 Å². The Kier molecular flexibility index (Phi) is 9.75. The summed E-state index contributed by atoms with van der Waals surface area (Å²) in [7, 11) is 0. The molecule has 14 heteroatoms. The Morgan fingerprint density at radius 1 is 0.949 bits per heavy atom. The van der Waals surface area contributed by atoms with Crippen LogP contribution >= 0.6 is 0 Å². The highest BCUT2D eigenvalue weighted by Crippen LogP contribution is 2.19. The van der Waals surface area contributed by atoms with Crippen LogP contribution in [0.1, 0.15) is 31.0 Å². The highest BCUT2D eigenvalue weighted by molar-refractivity contribution is 5.94. The quantitative estimate of drug-likeness (QED) is 0.130. The number of rotatable bonds is 14. The first-order valence-electron chi connectivity index (χ1n) is 12.2. The minimum atomic E-state index is -1.27. The second kappa shape index (κ2) is 13.2. The van der Waals surface area contributed by atoms with Crippen LogP contribution in [-0.4, -0.2) is 79.0 Å². The molecule has 3 rings (SSSR count). The number of aliphatic carboxylic acids is 2. The number of carboxylic acid groups (broad SMARTS) is 2. The van der Waals surface area contributed by atoms with E-state index in [0.717, 1.165) is 10.9 Å². The van der Waals surface area contributed by atoms with E-state index in [9.17, 15) is 29.1 Å². The van der Waals surface area contributed by atoms with Crippen LogP contribution in [0.3, 0.4) is 0 Å². The zero-order chi connectivity index (χ0) is 28.5. The molecule has 4 unspecified atom stereocenters. The largest absolute Gasteiger partial charge is 0.481 e. The van der Waals surface area contributed by atoms with Gasteiger partial charge >= 0.3 is 11.9 Å². The molecule has 0 saturated heterocycles. The van der Waals surface area contributed by atoms with Gasteiger partial charge in [0.25, 0.3) is 0 Å². The maximum absolute atomic E-state index is 13.2. The lowest BCUT2D eigenvalue weighted by molar-refractivity contribution is -0.142. The number of carbonyl (C=O) groups excluding carboxylic acids is 3. The minimum absolute atomic E-state index is 0.0408. The van der Waals surface area contributed by atoms with E-state index in [1.807, 2.05) is 24.3 Å². The Morgan fingerprint density at radius 3 is 2.33 bits per heavy atom. The molecule has 0 aliphatic heterocycles. The Morgan fingerprint density at radius 2 is 1.67 bits per heavy atom. The van der Waals surface area contributed by atoms with Gasteiger partial charge in [-0.15, -0.1) is 0 Å². The molecule has 14 nitrogen and oxygen atoms in total. The number of nitrogens with one attached hydrogen (secondary N) is 5. The second-order valence-electron chi connectivity index (χ2n) is 9.07. The smallest absolute Gasteiger partial charge is 0.326 e. The van der Waals surface area contributed by atoms with Gasteiger partial charge in [-0.2, -0.15) is 0 Å².